The number of aromatic nitrogens is 2. The van der Waals surface area contributed by atoms with Crippen molar-refractivity contribution in [3.63, 3.8) is 0 Å². The molecule has 0 saturated carbocycles. The van der Waals surface area contributed by atoms with Crippen LogP contribution in [-0.4, -0.2) is 37.0 Å². The van der Waals surface area contributed by atoms with Crippen LogP contribution >= 0.6 is 11.3 Å². The maximum atomic E-state index is 13.2. The second kappa shape index (κ2) is 8.15. The van der Waals surface area contributed by atoms with E-state index in [1.165, 1.54) is 13.0 Å². The third-order valence-electron chi connectivity index (χ3n) is 5.68. The second-order valence-electron chi connectivity index (χ2n) is 9.18. The van der Waals surface area contributed by atoms with E-state index in [1.54, 1.807) is 18.2 Å². The average molecular weight is 461 g/mol. The van der Waals surface area contributed by atoms with E-state index in [2.05, 4.69) is 25.3 Å². The first kappa shape index (κ1) is 22.2. The smallest absolute Gasteiger partial charge is 0.216 e. The van der Waals surface area contributed by atoms with Crippen molar-refractivity contribution in [2.24, 2.45) is 5.92 Å². The Morgan fingerprint density at radius 1 is 1.19 bits per heavy atom. The molecule has 0 radical (unpaired) electrons. The molecule has 4 rings (SSSR count). The first-order chi connectivity index (χ1) is 14.6. The van der Waals surface area contributed by atoms with Gasteiger partial charge in [-0.2, -0.15) is 0 Å². The Hall–Kier alpha value is -2.03. The third-order valence-corrected chi connectivity index (χ3v) is 9.10. The summed E-state index contributed by atoms with van der Waals surface area (Å²) in [7, 11) is -3.71. The zero-order valence-corrected chi connectivity index (χ0v) is 20.0. The molecule has 6 nitrogen and oxygen atoms in total. The zero-order valence-electron chi connectivity index (χ0n) is 18.3. The lowest BCUT2D eigenvalue weighted by molar-refractivity contribution is 0.0611. The van der Waals surface area contributed by atoms with Crippen LogP contribution in [0, 0.1) is 5.92 Å². The number of sulfone groups is 1. The molecule has 0 spiro atoms. The first-order valence-corrected chi connectivity index (χ1v) is 12.8. The molecule has 0 atom stereocenters. The van der Waals surface area contributed by atoms with E-state index in [9.17, 15) is 13.2 Å². The van der Waals surface area contributed by atoms with E-state index in [0.29, 0.717) is 16.3 Å². The Morgan fingerprint density at radius 3 is 2.52 bits per heavy atom. The van der Waals surface area contributed by atoms with Gasteiger partial charge in [0, 0.05) is 25.2 Å². The molecule has 31 heavy (non-hydrogen) atoms. The fourth-order valence-corrected chi connectivity index (χ4v) is 6.61. The van der Waals surface area contributed by atoms with Crippen molar-refractivity contribution in [3.8, 4) is 0 Å². The molecule has 1 aliphatic rings. The lowest BCUT2D eigenvalue weighted by Crippen LogP contribution is -2.25. The van der Waals surface area contributed by atoms with Crippen molar-refractivity contribution in [2.45, 2.75) is 61.6 Å². The summed E-state index contributed by atoms with van der Waals surface area (Å²) in [5.41, 5.74) is 1.46. The highest BCUT2D eigenvalue weighted by molar-refractivity contribution is 7.93. The molecule has 0 aliphatic carbocycles. The molecule has 166 valence electrons. The summed E-state index contributed by atoms with van der Waals surface area (Å²) in [6.07, 6.45) is 2.04. The quantitative estimate of drug-likeness (QED) is 0.508. The van der Waals surface area contributed by atoms with E-state index in [1.807, 2.05) is 6.07 Å². The normalized spacial score (nSPS) is 16.1. The lowest BCUT2D eigenvalue weighted by Gasteiger charge is -2.26. The minimum absolute atomic E-state index is 0.136. The van der Waals surface area contributed by atoms with Crippen molar-refractivity contribution in [3.05, 3.63) is 41.0 Å². The van der Waals surface area contributed by atoms with Crippen LogP contribution < -0.4 is 0 Å². The Labute approximate surface area is 187 Å². The minimum atomic E-state index is -3.71. The van der Waals surface area contributed by atoms with Gasteiger partial charge in [0.25, 0.3) is 0 Å². The number of carbonyl (C=O) groups is 1. The van der Waals surface area contributed by atoms with Gasteiger partial charge in [-0.15, -0.1) is 11.3 Å². The van der Waals surface area contributed by atoms with Gasteiger partial charge in [-0.3, -0.25) is 4.79 Å². The standard InChI is InChI=1S/C23H28N2O4S2/c1-15(26)20-7-8-21(30-20)31(27,28)17-5-6-19-18(13-17)24-22(23(2,3)4)25(19)14-16-9-11-29-12-10-16/h5-8,13,16H,9-12,14H2,1-4H3. The second-order valence-corrected chi connectivity index (χ2v) is 12.4. The Bertz CT molecular complexity index is 1230. The van der Waals surface area contributed by atoms with Crippen LogP contribution in [0.5, 0.6) is 0 Å². The number of fused-ring (bicyclic) bond motifs is 1. The third kappa shape index (κ3) is 4.33. The predicted octanol–water partition coefficient (Wildman–Crippen LogP) is 4.86. The van der Waals surface area contributed by atoms with Crippen LogP contribution in [0.1, 0.15) is 56.0 Å². The van der Waals surface area contributed by atoms with Gasteiger partial charge in [-0.05, 0) is 56.0 Å². The number of rotatable bonds is 5. The first-order valence-electron chi connectivity index (χ1n) is 10.5. The van der Waals surface area contributed by atoms with Crippen molar-refractivity contribution in [1.29, 1.82) is 0 Å². The average Bonchev–Trinajstić information content (AvgIpc) is 3.34. The number of Topliss-reactive ketones (excluding diaryl/α,β-unsaturated/α-hetero) is 1. The van der Waals surface area contributed by atoms with Gasteiger partial charge >= 0.3 is 0 Å². The summed E-state index contributed by atoms with van der Waals surface area (Å²) < 4.78 is 34.3. The van der Waals surface area contributed by atoms with Crippen LogP contribution in [0.15, 0.2) is 39.4 Å². The topological polar surface area (TPSA) is 78.3 Å². The molecule has 1 aliphatic heterocycles. The summed E-state index contributed by atoms with van der Waals surface area (Å²) in [6, 6.07) is 8.25. The van der Waals surface area contributed by atoms with Crippen LogP contribution in [0.2, 0.25) is 0 Å². The van der Waals surface area contributed by atoms with Crippen molar-refractivity contribution < 1.29 is 17.9 Å². The number of imidazole rings is 1. The van der Waals surface area contributed by atoms with Crippen molar-refractivity contribution in [1.82, 2.24) is 9.55 Å². The van der Waals surface area contributed by atoms with Crippen LogP contribution in [0.3, 0.4) is 0 Å². The maximum absolute atomic E-state index is 13.2. The molecule has 0 unspecified atom stereocenters. The van der Waals surface area contributed by atoms with Crippen molar-refractivity contribution >= 4 is 38.0 Å². The molecular weight excluding hydrogens is 432 g/mol. The van der Waals surface area contributed by atoms with E-state index in [4.69, 9.17) is 9.72 Å². The fourth-order valence-electron chi connectivity index (χ4n) is 3.99. The number of hydrogen-bond donors (Lipinski definition) is 0. The molecule has 0 N–H and O–H groups in total. The molecule has 3 heterocycles. The molecule has 2 aromatic heterocycles. The maximum Gasteiger partial charge on any atom is 0.216 e. The van der Waals surface area contributed by atoms with E-state index in [-0.39, 0.29) is 20.3 Å². The number of benzene rings is 1. The fraction of sp³-hybridized carbons (Fsp3) is 0.478. The highest BCUT2D eigenvalue weighted by Crippen LogP contribution is 2.33. The number of ether oxygens (including phenoxy) is 1. The van der Waals surface area contributed by atoms with Gasteiger partial charge in [0.2, 0.25) is 9.84 Å². The molecular formula is C23H28N2O4S2. The molecule has 3 aromatic rings. The largest absolute Gasteiger partial charge is 0.381 e. The van der Waals surface area contributed by atoms with E-state index < -0.39 is 9.84 Å². The minimum Gasteiger partial charge on any atom is -0.381 e. The Morgan fingerprint density at radius 2 is 1.90 bits per heavy atom. The highest BCUT2D eigenvalue weighted by atomic mass is 32.2. The number of hydrogen-bond acceptors (Lipinski definition) is 6. The molecule has 0 bridgehead atoms. The number of nitrogens with zero attached hydrogens (tertiary/aromatic N) is 2. The summed E-state index contributed by atoms with van der Waals surface area (Å²) in [5.74, 6) is 1.34. The van der Waals surface area contributed by atoms with Gasteiger partial charge in [0.05, 0.1) is 20.8 Å². The number of carbonyl (C=O) groups excluding carboxylic acids is 1. The predicted molar refractivity (Wildman–Crippen MR) is 122 cm³/mol. The van der Waals surface area contributed by atoms with Crippen LogP contribution in [-0.2, 0) is 26.5 Å². The SMILES string of the molecule is CC(=O)c1ccc(S(=O)(=O)c2ccc3c(c2)nc(C(C)(C)C)n3CC2CCOCC2)s1. The van der Waals surface area contributed by atoms with Gasteiger partial charge in [-0.25, -0.2) is 13.4 Å². The number of thiophene rings is 1. The molecule has 0 amide bonds. The summed E-state index contributed by atoms with van der Waals surface area (Å²) >= 11 is 1.01. The lowest BCUT2D eigenvalue weighted by atomic mass is 9.94. The number of ketones is 1. The Kier molecular flexibility index (Phi) is 5.83. The van der Waals surface area contributed by atoms with Crippen LogP contribution in [0.25, 0.3) is 11.0 Å². The molecule has 1 fully saturated rings. The van der Waals surface area contributed by atoms with Gasteiger partial charge in [0.15, 0.2) is 5.78 Å². The van der Waals surface area contributed by atoms with Crippen LogP contribution in [0.4, 0.5) is 0 Å². The summed E-state index contributed by atoms with van der Waals surface area (Å²) in [5, 5.41) is 0. The van der Waals surface area contributed by atoms with Gasteiger partial charge < -0.3 is 9.30 Å². The van der Waals surface area contributed by atoms with E-state index in [0.717, 1.165) is 55.3 Å². The molecule has 1 aromatic carbocycles. The summed E-state index contributed by atoms with van der Waals surface area (Å²) in [4.78, 5) is 17.1. The van der Waals surface area contributed by atoms with Gasteiger partial charge in [-0.1, -0.05) is 20.8 Å². The van der Waals surface area contributed by atoms with Gasteiger partial charge in [0.1, 0.15) is 10.0 Å². The zero-order chi connectivity index (χ0) is 22.4. The summed E-state index contributed by atoms with van der Waals surface area (Å²) in [6.45, 7) is 10.2. The van der Waals surface area contributed by atoms with E-state index >= 15 is 0 Å². The molecule has 8 heteroatoms. The monoisotopic (exact) mass is 460 g/mol. The van der Waals surface area contributed by atoms with Crippen molar-refractivity contribution in [2.75, 3.05) is 13.2 Å². The Balaban J connectivity index is 1.77. The highest BCUT2D eigenvalue weighted by Gasteiger charge is 2.27. The molecule has 1 saturated heterocycles.